The van der Waals surface area contributed by atoms with E-state index in [1.54, 1.807) is 7.11 Å². The van der Waals surface area contributed by atoms with Crippen LogP contribution in [0.2, 0.25) is 0 Å². The number of likely N-dealkylation sites (tertiary alicyclic amines) is 1. The highest BCUT2D eigenvalue weighted by Crippen LogP contribution is 2.15. The molecule has 1 aliphatic rings. The van der Waals surface area contributed by atoms with E-state index in [1.165, 1.54) is 12.0 Å². The van der Waals surface area contributed by atoms with E-state index in [-0.39, 0.29) is 0 Å². The molecule has 1 unspecified atom stereocenters. The maximum Gasteiger partial charge on any atom is 0.222 e. The van der Waals surface area contributed by atoms with Gasteiger partial charge in [0.05, 0.1) is 7.11 Å². The van der Waals surface area contributed by atoms with E-state index in [2.05, 4.69) is 35.8 Å². The smallest absolute Gasteiger partial charge is 0.222 e. The SMILES string of the molecule is CCN(CCN1CCCCCC1=O)C(C)Cc1ccc(OC)cc1. The van der Waals surface area contributed by atoms with Crippen LogP contribution in [0.4, 0.5) is 0 Å². The summed E-state index contributed by atoms with van der Waals surface area (Å²) in [6.45, 7) is 8.24. The first kappa shape index (κ1) is 18.8. The van der Waals surface area contributed by atoms with Crippen LogP contribution in [-0.2, 0) is 11.2 Å². The third-order valence-corrected chi connectivity index (χ3v) is 5.05. The maximum absolute atomic E-state index is 12.1. The van der Waals surface area contributed by atoms with Gasteiger partial charge in [-0.25, -0.2) is 0 Å². The first-order chi connectivity index (χ1) is 11.6. The summed E-state index contributed by atoms with van der Waals surface area (Å²) in [7, 11) is 1.70. The van der Waals surface area contributed by atoms with Crippen molar-refractivity contribution in [3.8, 4) is 5.75 Å². The van der Waals surface area contributed by atoms with E-state index in [9.17, 15) is 4.79 Å². The molecule has 134 valence electrons. The molecule has 0 N–H and O–H groups in total. The predicted molar refractivity (Wildman–Crippen MR) is 98.5 cm³/mol. The van der Waals surface area contributed by atoms with Crippen molar-refractivity contribution in [1.29, 1.82) is 0 Å². The second-order valence-corrected chi connectivity index (χ2v) is 6.72. The Kier molecular flexibility index (Phi) is 7.57. The van der Waals surface area contributed by atoms with E-state index in [1.807, 2.05) is 12.1 Å². The maximum atomic E-state index is 12.1. The number of hydrogen-bond acceptors (Lipinski definition) is 3. The second-order valence-electron chi connectivity index (χ2n) is 6.72. The number of methoxy groups -OCH3 is 1. The number of hydrogen-bond donors (Lipinski definition) is 0. The average Bonchev–Trinajstić information content (AvgIpc) is 2.80. The normalized spacial score (nSPS) is 17.0. The first-order valence-electron chi connectivity index (χ1n) is 9.28. The highest BCUT2D eigenvalue weighted by atomic mass is 16.5. The molecule has 1 aliphatic heterocycles. The molecule has 4 nitrogen and oxygen atoms in total. The average molecular weight is 332 g/mol. The highest BCUT2D eigenvalue weighted by Gasteiger charge is 2.19. The van der Waals surface area contributed by atoms with Gasteiger partial charge in [-0.15, -0.1) is 0 Å². The van der Waals surface area contributed by atoms with E-state index >= 15 is 0 Å². The summed E-state index contributed by atoms with van der Waals surface area (Å²) in [5.74, 6) is 1.24. The molecule has 2 rings (SSSR count). The standard InChI is InChI=1S/C20H32N2O2/c1-4-21(14-15-22-13-7-5-6-8-20(22)23)17(2)16-18-9-11-19(24-3)12-10-18/h9-12,17H,4-8,13-16H2,1-3H3. The van der Waals surface area contributed by atoms with Crippen LogP contribution in [0.3, 0.4) is 0 Å². The molecule has 0 aliphatic carbocycles. The molecule has 0 saturated carbocycles. The van der Waals surface area contributed by atoms with Gasteiger partial charge in [-0.3, -0.25) is 9.69 Å². The summed E-state index contributed by atoms with van der Waals surface area (Å²) in [6, 6.07) is 8.79. The van der Waals surface area contributed by atoms with Gasteiger partial charge in [-0.2, -0.15) is 0 Å². The fraction of sp³-hybridized carbons (Fsp3) is 0.650. The van der Waals surface area contributed by atoms with Crippen molar-refractivity contribution in [3.63, 3.8) is 0 Å². The number of rotatable bonds is 8. The van der Waals surface area contributed by atoms with Crippen LogP contribution in [0.1, 0.15) is 45.1 Å². The van der Waals surface area contributed by atoms with Gasteiger partial charge in [-0.05, 0) is 50.4 Å². The molecule has 1 saturated heterocycles. The van der Waals surface area contributed by atoms with Gasteiger partial charge in [0.1, 0.15) is 5.75 Å². The zero-order valence-electron chi connectivity index (χ0n) is 15.5. The van der Waals surface area contributed by atoms with Gasteiger partial charge in [0.25, 0.3) is 0 Å². The van der Waals surface area contributed by atoms with Crippen molar-refractivity contribution in [2.24, 2.45) is 0 Å². The molecule has 1 atom stereocenters. The zero-order valence-corrected chi connectivity index (χ0v) is 15.5. The molecule has 4 heteroatoms. The Balaban J connectivity index is 1.85. The zero-order chi connectivity index (χ0) is 17.4. The van der Waals surface area contributed by atoms with Gasteiger partial charge in [0.2, 0.25) is 5.91 Å². The molecular weight excluding hydrogens is 300 g/mol. The minimum atomic E-state index is 0.339. The molecule has 24 heavy (non-hydrogen) atoms. The number of carbonyl (C=O) groups is 1. The van der Waals surface area contributed by atoms with Crippen molar-refractivity contribution in [2.45, 2.75) is 52.0 Å². The summed E-state index contributed by atoms with van der Waals surface area (Å²) in [6.07, 6.45) is 5.15. The minimum absolute atomic E-state index is 0.339. The number of benzene rings is 1. The van der Waals surface area contributed by atoms with Gasteiger partial charge >= 0.3 is 0 Å². The van der Waals surface area contributed by atoms with E-state index in [0.29, 0.717) is 11.9 Å². The van der Waals surface area contributed by atoms with Gasteiger partial charge in [-0.1, -0.05) is 25.5 Å². The van der Waals surface area contributed by atoms with Crippen LogP contribution in [0.15, 0.2) is 24.3 Å². The fourth-order valence-corrected chi connectivity index (χ4v) is 3.45. The lowest BCUT2D eigenvalue weighted by molar-refractivity contribution is -0.130. The van der Waals surface area contributed by atoms with E-state index < -0.39 is 0 Å². The first-order valence-corrected chi connectivity index (χ1v) is 9.28. The molecule has 0 radical (unpaired) electrons. The number of nitrogens with zero attached hydrogens (tertiary/aromatic N) is 2. The summed E-state index contributed by atoms with van der Waals surface area (Å²) in [4.78, 5) is 16.7. The van der Waals surface area contributed by atoms with Gasteiger partial charge in [0.15, 0.2) is 0 Å². The van der Waals surface area contributed by atoms with Crippen molar-refractivity contribution in [1.82, 2.24) is 9.80 Å². The topological polar surface area (TPSA) is 32.8 Å². The second kappa shape index (κ2) is 9.67. The fourth-order valence-electron chi connectivity index (χ4n) is 3.45. The van der Waals surface area contributed by atoms with Crippen molar-refractivity contribution in [2.75, 3.05) is 33.3 Å². The number of amides is 1. The summed E-state index contributed by atoms with van der Waals surface area (Å²) in [5, 5.41) is 0. The predicted octanol–water partition coefficient (Wildman–Crippen LogP) is 3.35. The number of ether oxygens (including phenoxy) is 1. The quantitative estimate of drug-likeness (QED) is 0.732. The Morgan fingerprint density at radius 1 is 1.21 bits per heavy atom. The summed E-state index contributed by atoms with van der Waals surface area (Å²) in [5.41, 5.74) is 1.33. The molecule has 0 bridgehead atoms. The lowest BCUT2D eigenvalue weighted by atomic mass is 10.1. The molecule has 1 aromatic rings. The monoisotopic (exact) mass is 332 g/mol. The minimum Gasteiger partial charge on any atom is -0.497 e. The van der Waals surface area contributed by atoms with Crippen LogP contribution < -0.4 is 4.74 Å². The summed E-state index contributed by atoms with van der Waals surface area (Å²) < 4.78 is 5.22. The van der Waals surface area contributed by atoms with Crippen molar-refractivity contribution in [3.05, 3.63) is 29.8 Å². The van der Waals surface area contributed by atoms with Crippen molar-refractivity contribution >= 4 is 5.91 Å². The highest BCUT2D eigenvalue weighted by molar-refractivity contribution is 5.76. The molecule has 1 amide bonds. The van der Waals surface area contributed by atoms with E-state index in [0.717, 1.165) is 57.6 Å². The van der Waals surface area contributed by atoms with Crippen molar-refractivity contribution < 1.29 is 9.53 Å². The van der Waals surface area contributed by atoms with E-state index in [4.69, 9.17) is 4.74 Å². The Labute approximate surface area is 146 Å². The molecular formula is C20H32N2O2. The largest absolute Gasteiger partial charge is 0.497 e. The third-order valence-electron chi connectivity index (χ3n) is 5.05. The molecule has 1 aromatic carbocycles. The molecule has 1 heterocycles. The Bertz CT molecular complexity index is 501. The lowest BCUT2D eigenvalue weighted by Gasteiger charge is -2.31. The summed E-state index contributed by atoms with van der Waals surface area (Å²) >= 11 is 0. The third kappa shape index (κ3) is 5.52. The van der Waals surface area contributed by atoms with Crippen LogP contribution in [0.25, 0.3) is 0 Å². The molecule has 0 spiro atoms. The van der Waals surface area contributed by atoms with Crippen LogP contribution in [0, 0.1) is 0 Å². The van der Waals surface area contributed by atoms with Crippen LogP contribution in [-0.4, -0.2) is 55.0 Å². The van der Waals surface area contributed by atoms with Gasteiger partial charge < -0.3 is 9.64 Å². The number of likely N-dealkylation sites (N-methyl/N-ethyl adjacent to an activating group) is 1. The Morgan fingerprint density at radius 2 is 1.96 bits per heavy atom. The van der Waals surface area contributed by atoms with Gasteiger partial charge in [0, 0.05) is 32.1 Å². The Morgan fingerprint density at radius 3 is 2.62 bits per heavy atom. The molecule has 0 aromatic heterocycles. The van der Waals surface area contributed by atoms with Crippen LogP contribution in [0.5, 0.6) is 5.75 Å². The number of carbonyl (C=O) groups excluding carboxylic acids is 1. The Hall–Kier alpha value is -1.55. The van der Waals surface area contributed by atoms with Crippen LogP contribution >= 0.6 is 0 Å². The lowest BCUT2D eigenvalue weighted by Crippen LogP contribution is -2.42. The molecule has 1 fully saturated rings.